The standard InChI is InChI=1S/C13H12OS/c1-2-14-13(15)12-8-7-10-5-3-4-6-11(10)9-12/h3-9H,2H2,1H3. The molecule has 15 heavy (non-hydrogen) atoms. The van der Waals surface area contributed by atoms with Crippen LogP contribution >= 0.6 is 12.2 Å². The monoisotopic (exact) mass is 216 g/mol. The molecule has 0 aromatic heterocycles. The summed E-state index contributed by atoms with van der Waals surface area (Å²) in [5, 5.41) is 2.99. The first-order valence-corrected chi connectivity index (χ1v) is 5.38. The maximum Gasteiger partial charge on any atom is 0.191 e. The van der Waals surface area contributed by atoms with Gasteiger partial charge in [0.05, 0.1) is 6.61 Å². The molecule has 0 spiro atoms. The second-order valence-electron chi connectivity index (χ2n) is 3.28. The van der Waals surface area contributed by atoms with E-state index in [2.05, 4.69) is 24.3 Å². The molecule has 0 amide bonds. The summed E-state index contributed by atoms with van der Waals surface area (Å²) in [7, 11) is 0. The smallest absolute Gasteiger partial charge is 0.191 e. The van der Waals surface area contributed by atoms with Crippen LogP contribution in [0, 0.1) is 0 Å². The van der Waals surface area contributed by atoms with E-state index in [1.165, 1.54) is 10.8 Å². The normalized spacial score (nSPS) is 10.2. The molecule has 0 fully saturated rings. The minimum atomic E-state index is 0.572. The van der Waals surface area contributed by atoms with E-state index in [1.54, 1.807) is 0 Å². The van der Waals surface area contributed by atoms with Gasteiger partial charge in [-0.25, -0.2) is 0 Å². The van der Waals surface area contributed by atoms with E-state index in [1.807, 2.05) is 25.1 Å². The van der Waals surface area contributed by atoms with Crippen molar-refractivity contribution in [2.75, 3.05) is 6.61 Å². The van der Waals surface area contributed by atoms with E-state index < -0.39 is 0 Å². The summed E-state index contributed by atoms with van der Waals surface area (Å²) in [6.07, 6.45) is 0. The fraction of sp³-hybridized carbons (Fsp3) is 0.154. The van der Waals surface area contributed by atoms with Gasteiger partial charge in [-0.3, -0.25) is 0 Å². The van der Waals surface area contributed by atoms with Gasteiger partial charge in [-0.15, -0.1) is 0 Å². The molecule has 2 rings (SSSR count). The summed E-state index contributed by atoms with van der Waals surface area (Å²) >= 11 is 5.16. The first kappa shape index (κ1) is 10.1. The molecule has 0 atom stereocenters. The number of ether oxygens (including phenoxy) is 1. The zero-order chi connectivity index (χ0) is 10.7. The van der Waals surface area contributed by atoms with Crippen LogP contribution in [0.1, 0.15) is 12.5 Å². The Labute approximate surface area is 94.7 Å². The molecule has 0 saturated carbocycles. The van der Waals surface area contributed by atoms with Gasteiger partial charge in [0, 0.05) is 5.56 Å². The highest BCUT2D eigenvalue weighted by Gasteiger charge is 2.01. The molecule has 2 heteroatoms. The lowest BCUT2D eigenvalue weighted by atomic mass is 10.1. The number of hydrogen-bond donors (Lipinski definition) is 0. The third kappa shape index (κ3) is 2.16. The van der Waals surface area contributed by atoms with Crippen LogP contribution in [0.15, 0.2) is 42.5 Å². The Hall–Kier alpha value is -1.41. The van der Waals surface area contributed by atoms with Crippen molar-refractivity contribution in [2.45, 2.75) is 6.92 Å². The maximum atomic E-state index is 5.31. The van der Waals surface area contributed by atoms with Gasteiger partial charge in [-0.1, -0.05) is 30.3 Å². The molecule has 1 nitrogen and oxygen atoms in total. The first-order valence-electron chi connectivity index (χ1n) is 4.97. The van der Waals surface area contributed by atoms with Crippen molar-refractivity contribution >= 4 is 28.0 Å². The van der Waals surface area contributed by atoms with Crippen molar-refractivity contribution in [3.05, 3.63) is 48.0 Å². The Morgan fingerprint density at radius 3 is 2.60 bits per heavy atom. The molecule has 0 aliphatic carbocycles. The molecule has 76 valence electrons. The first-order chi connectivity index (χ1) is 7.31. The lowest BCUT2D eigenvalue weighted by molar-refractivity contribution is 0.337. The van der Waals surface area contributed by atoms with Gasteiger partial charge in [-0.05, 0) is 42.0 Å². The Morgan fingerprint density at radius 1 is 1.13 bits per heavy atom. The molecule has 0 bridgehead atoms. The summed E-state index contributed by atoms with van der Waals surface area (Å²) < 4.78 is 5.31. The topological polar surface area (TPSA) is 9.23 Å². The number of thiocarbonyl (C=S) groups is 1. The Morgan fingerprint density at radius 2 is 1.87 bits per heavy atom. The van der Waals surface area contributed by atoms with Crippen LogP contribution in [0.5, 0.6) is 0 Å². The van der Waals surface area contributed by atoms with Gasteiger partial charge < -0.3 is 4.74 Å². The van der Waals surface area contributed by atoms with Crippen molar-refractivity contribution in [2.24, 2.45) is 0 Å². The summed E-state index contributed by atoms with van der Waals surface area (Å²) in [4.78, 5) is 0. The zero-order valence-corrected chi connectivity index (χ0v) is 9.38. The average molecular weight is 216 g/mol. The number of rotatable bonds is 2. The zero-order valence-electron chi connectivity index (χ0n) is 8.57. The van der Waals surface area contributed by atoms with Crippen molar-refractivity contribution in [1.82, 2.24) is 0 Å². The predicted molar refractivity (Wildman–Crippen MR) is 67.3 cm³/mol. The average Bonchev–Trinajstić information content (AvgIpc) is 2.29. The predicted octanol–water partition coefficient (Wildman–Crippen LogP) is 3.55. The van der Waals surface area contributed by atoms with Crippen molar-refractivity contribution in [3.63, 3.8) is 0 Å². The number of fused-ring (bicyclic) bond motifs is 1. The van der Waals surface area contributed by atoms with Crippen molar-refractivity contribution < 1.29 is 4.74 Å². The van der Waals surface area contributed by atoms with Crippen LogP contribution in [0.25, 0.3) is 10.8 Å². The molecule has 0 heterocycles. The number of hydrogen-bond acceptors (Lipinski definition) is 2. The van der Waals surface area contributed by atoms with E-state index >= 15 is 0 Å². The molecule has 0 aliphatic heterocycles. The Bertz CT molecular complexity index is 491. The largest absolute Gasteiger partial charge is 0.483 e. The van der Waals surface area contributed by atoms with Crippen LogP contribution in [0.4, 0.5) is 0 Å². The fourth-order valence-electron chi connectivity index (χ4n) is 1.53. The Balaban J connectivity index is 2.42. The van der Waals surface area contributed by atoms with Gasteiger partial charge in [0.1, 0.15) is 0 Å². The van der Waals surface area contributed by atoms with Gasteiger partial charge in [0.25, 0.3) is 0 Å². The Kier molecular flexibility index (Phi) is 2.97. The highest BCUT2D eigenvalue weighted by atomic mass is 32.1. The number of benzene rings is 2. The maximum absolute atomic E-state index is 5.31. The van der Waals surface area contributed by atoms with E-state index in [9.17, 15) is 0 Å². The second kappa shape index (κ2) is 4.41. The van der Waals surface area contributed by atoms with Crippen molar-refractivity contribution in [1.29, 1.82) is 0 Å². The molecule has 0 aliphatic rings. The van der Waals surface area contributed by atoms with Gasteiger partial charge in [-0.2, -0.15) is 0 Å². The lowest BCUT2D eigenvalue weighted by Crippen LogP contribution is -2.02. The molecule has 2 aromatic carbocycles. The van der Waals surface area contributed by atoms with E-state index in [-0.39, 0.29) is 0 Å². The summed E-state index contributed by atoms with van der Waals surface area (Å²) in [6, 6.07) is 14.3. The molecule has 0 saturated heterocycles. The van der Waals surface area contributed by atoms with Crippen LogP contribution in [0.2, 0.25) is 0 Å². The van der Waals surface area contributed by atoms with Gasteiger partial charge >= 0.3 is 0 Å². The quantitative estimate of drug-likeness (QED) is 0.710. The summed E-state index contributed by atoms with van der Waals surface area (Å²) in [6.45, 7) is 2.55. The molecule has 0 radical (unpaired) electrons. The summed E-state index contributed by atoms with van der Waals surface area (Å²) in [5.74, 6) is 0. The highest BCUT2D eigenvalue weighted by molar-refractivity contribution is 7.80. The van der Waals surface area contributed by atoms with E-state index in [0.29, 0.717) is 11.7 Å². The second-order valence-corrected chi connectivity index (χ2v) is 3.65. The summed E-state index contributed by atoms with van der Waals surface area (Å²) in [5.41, 5.74) is 0.977. The van der Waals surface area contributed by atoms with Gasteiger partial charge in [0.15, 0.2) is 5.05 Å². The van der Waals surface area contributed by atoms with Crippen LogP contribution in [-0.2, 0) is 4.74 Å². The minimum Gasteiger partial charge on any atom is -0.483 e. The van der Waals surface area contributed by atoms with E-state index in [0.717, 1.165) is 5.56 Å². The third-order valence-corrected chi connectivity index (χ3v) is 2.61. The molecule has 0 unspecified atom stereocenters. The van der Waals surface area contributed by atoms with Gasteiger partial charge in [0.2, 0.25) is 0 Å². The molecular formula is C13H12OS. The SMILES string of the molecule is CCOC(=S)c1ccc2ccccc2c1. The van der Waals surface area contributed by atoms with Crippen LogP contribution in [-0.4, -0.2) is 11.7 Å². The molecule has 2 aromatic rings. The van der Waals surface area contributed by atoms with Crippen molar-refractivity contribution in [3.8, 4) is 0 Å². The minimum absolute atomic E-state index is 0.572. The third-order valence-electron chi connectivity index (χ3n) is 2.26. The van der Waals surface area contributed by atoms with E-state index in [4.69, 9.17) is 17.0 Å². The lowest BCUT2D eigenvalue weighted by Gasteiger charge is -2.05. The molecule has 0 N–H and O–H groups in total. The highest BCUT2D eigenvalue weighted by Crippen LogP contribution is 2.16. The molecular weight excluding hydrogens is 204 g/mol. The van der Waals surface area contributed by atoms with Crippen LogP contribution < -0.4 is 0 Å². The van der Waals surface area contributed by atoms with Crippen LogP contribution in [0.3, 0.4) is 0 Å². The fourth-order valence-corrected chi connectivity index (χ4v) is 1.78.